The Kier molecular flexibility index (Phi) is 2.64. The fraction of sp³-hybridized carbons (Fsp3) is 0. The van der Waals surface area contributed by atoms with Crippen LogP contribution in [0.4, 0.5) is 5.69 Å². The van der Waals surface area contributed by atoms with Gasteiger partial charge in [-0.25, -0.2) is 0 Å². The lowest BCUT2D eigenvalue weighted by Crippen LogP contribution is -1.89. The van der Waals surface area contributed by atoms with Gasteiger partial charge in [-0.15, -0.1) is 0 Å². The van der Waals surface area contributed by atoms with Gasteiger partial charge in [-0.2, -0.15) is 0 Å². The van der Waals surface area contributed by atoms with Crippen molar-refractivity contribution in [1.29, 1.82) is 0 Å². The average molecular weight is 220 g/mol. The Morgan fingerprint density at radius 2 is 2.13 bits per heavy atom. The first-order chi connectivity index (χ1) is 7.31. The van der Waals surface area contributed by atoms with Gasteiger partial charge in [0.05, 0.1) is 5.69 Å². The molecule has 0 radical (unpaired) electrons. The highest BCUT2D eigenvalue weighted by Gasteiger charge is 2.08. The molecule has 0 aliphatic rings. The van der Waals surface area contributed by atoms with Crippen LogP contribution in [0, 0.1) is 0 Å². The molecule has 0 atom stereocenters. The lowest BCUT2D eigenvalue weighted by Gasteiger charge is -1.93. The van der Waals surface area contributed by atoms with Gasteiger partial charge in [0.1, 0.15) is 0 Å². The first-order valence-electron chi connectivity index (χ1n) is 4.21. The lowest BCUT2D eigenvalue weighted by atomic mass is 10.2. The van der Waals surface area contributed by atoms with Gasteiger partial charge in [0.2, 0.25) is 5.06 Å². The molecular formula is C10H8N2O2S. The summed E-state index contributed by atoms with van der Waals surface area (Å²) < 4.78 is 4.74. The Hall–Kier alpha value is -1.88. The highest BCUT2D eigenvalue weighted by atomic mass is 32.1. The Labute approximate surface area is 90.3 Å². The maximum absolute atomic E-state index is 10.2. The lowest BCUT2D eigenvalue weighted by molar-refractivity contribution is -0.120. The molecule has 0 aliphatic carbocycles. The Balaban J connectivity index is 2.38. The van der Waals surface area contributed by atoms with E-state index in [9.17, 15) is 4.79 Å². The van der Waals surface area contributed by atoms with E-state index in [1.807, 2.05) is 12.1 Å². The third kappa shape index (κ3) is 1.97. The zero-order valence-electron chi connectivity index (χ0n) is 7.71. The number of nitrogens with zero attached hydrogens (tertiary/aromatic N) is 1. The number of nitrogens with two attached hydrogens (primary N) is 1. The van der Waals surface area contributed by atoms with Crippen molar-refractivity contribution in [3.63, 3.8) is 0 Å². The van der Waals surface area contributed by atoms with Crippen molar-refractivity contribution >= 4 is 23.5 Å². The zero-order chi connectivity index (χ0) is 10.7. The van der Waals surface area contributed by atoms with Crippen molar-refractivity contribution < 1.29 is 9.53 Å². The third-order valence-electron chi connectivity index (χ3n) is 1.84. The van der Waals surface area contributed by atoms with Crippen LogP contribution >= 0.6 is 11.3 Å². The zero-order valence-corrected chi connectivity index (χ0v) is 8.53. The molecule has 2 aromatic heterocycles. The molecule has 2 N–H and O–H groups in total. The van der Waals surface area contributed by atoms with Gasteiger partial charge in [0, 0.05) is 17.3 Å². The van der Waals surface area contributed by atoms with Gasteiger partial charge in [-0.1, -0.05) is 11.3 Å². The largest absolute Gasteiger partial charge is 0.415 e. The molecule has 0 fully saturated rings. The first-order valence-corrected chi connectivity index (χ1v) is 5.03. The molecule has 4 nitrogen and oxygen atoms in total. The molecule has 0 aromatic carbocycles. The molecule has 5 heteroatoms. The van der Waals surface area contributed by atoms with Crippen LogP contribution < -0.4 is 10.5 Å². The second-order valence-corrected chi connectivity index (χ2v) is 3.82. The minimum atomic E-state index is 0.374. The number of ether oxygens (including phenoxy) is 1. The van der Waals surface area contributed by atoms with Crippen molar-refractivity contribution in [2.24, 2.45) is 0 Å². The highest BCUT2D eigenvalue weighted by molar-refractivity contribution is 7.18. The molecule has 0 amide bonds. The molecule has 0 aliphatic heterocycles. The second kappa shape index (κ2) is 4.10. The van der Waals surface area contributed by atoms with Gasteiger partial charge in [-0.05, 0) is 23.8 Å². The number of hydrogen-bond acceptors (Lipinski definition) is 5. The minimum absolute atomic E-state index is 0.374. The van der Waals surface area contributed by atoms with Gasteiger partial charge in [-0.3, -0.25) is 9.78 Å². The van der Waals surface area contributed by atoms with Gasteiger partial charge < -0.3 is 10.5 Å². The summed E-state index contributed by atoms with van der Waals surface area (Å²) in [7, 11) is 0. The number of pyridine rings is 1. The molecule has 0 bridgehead atoms. The number of nitrogen functional groups attached to an aromatic ring is 1. The number of thiophene rings is 1. The number of hydrogen-bond donors (Lipinski definition) is 1. The summed E-state index contributed by atoms with van der Waals surface area (Å²) >= 11 is 1.33. The number of carbonyl (C=O) groups is 1. The third-order valence-corrected chi connectivity index (χ3v) is 2.94. The van der Waals surface area contributed by atoms with Crippen LogP contribution in [0.1, 0.15) is 0 Å². The second-order valence-electron chi connectivity index (χ2n) is 2.80. The molecule has 0 unspecified atom stereocenters. The summed E-state index contributed by atoms with van der Waals surface area (Å²) in [5, 5.41) is 0.428. The van der Waals surface area contributed by atoms with Gasteiger partial charge in [0.15, 0.2) is 0 Å². The van der Waals surface area contributed by atoms with E-state index in [1.165, 1.54) is 11.3 Å². The summed E-state index contributed by atoms with van der Waals surface area (Å²) in [6.45, 7) is 0.374. The minimum Gasteiger partial charge on any atom is -0.415 e. The number of carbonyl (C=O) groups excluding carboxylic acids is 1. The first kappa shape index (κ1) is 9.67. The monoisotopic (exact) mass is 220 g/mol. The fourth-order valence-electron chi connectivity index (χ4n) is 1.18. The molecular weight excluding hydrogens is 212 g/mol. The van der Waals surface area contributed by atoms with Crippen molar-refractivity contribution in [3.8, 4) is 15.5 Å². The van der Waals surface area contributed by atoms with Crippen molar-refractivity contribution in [2.75, 3.05) is 5.73 Å². The number of aromatic nitrogens is 1. The molecule has 2 heterocycles. The molecule has 0 saturated heterocycles. The summed E-state index contributed by atoms with van der Waals surface area (Å²) in [6, 6.07) is 5.52. The highest BCUT2D eigenvalue weighted by Crippen LogP contribution is 2.38. The van der Waals surface area contributed by atoms with E-state index in [4.69, 9.17) is 10.5 Å². The van der Waals surface area contributed by atoms with Crippen LogP contribution in [-0.4, -0.2) is 11.5 Å². The van der Waals surface area contributed by atoms with Crippen molar-refractivity contribution in [2.45, 2.75) is 0 Å². The van der Waals surface area contributed by atoms with Crippen LogP contribution in [0.15, 0.2) is 30.6 Å². The maximum Gasteiger partial charge on any atom is 0.299 e. The summed E-state index contributed by atoms with van der Waals surface area (Å²) in [5.41, 5.74) is 7.15. The molecule has 76 valence electrons. The predicted octanol–water partition coefficient (Wildman–Crippen LogP) is 1.93. The SMILES string of the molecule is Nc1cc(-c2ccncc2)sc1OC=O. The number of anilines is 1. The predicted molar refractivity (Wildman–Crippen MR) is 58.7 cm³/mol. The topological polar surface area (TPSA) is 65.2 Å². The Bertz CT molecular complexity index is 468. The van der Waals surface area contributed by atoms with E-state index in [0.29, 0.717) is 17.2 Å². The Morgan fingerprint density at radius 1 is 1.40 bits per heavy atom. The van der Waals surface area contributed by atoms with E-state index < -0.39 is 0 Å². The molecule has 0 saturated carbocycles. The standard InChI is InChI=1S/C10H8N2O2S/c11-8-5-9(15-10(8)14-6-13)7-1-3-12-4-2-7/h1-6H,11H2. The van der Waals surface area contributed by atoms with Gasteiger partial charge >= 0.3 is 0 Å². The van der Waals surface area contributed by atoms with E-state index in [2.05, 4.69) is 4.98 Å². The molecule has 15 heavy (non-hydrogen) atoms. The quantitative estimate of drug-likeness (QED) is 0.802. The summed E-state index contributed by atoms with van der Waals surface area (Å²) in [4.78, 5) is 15.1. The van der Waals surface area contributed by atoms with Crippen LogP contribution in [0.3, 0.4) is 0 Å². The van der Waals surface area contributed by atoms with E-state index in [1.54, 1.807) is 18.5 Å². The molecule has 0 spiro atoms. The normalized spacial score (nSPS) is 9.87. The molecule has 2 aromatic rings. The van der Waals surface area contributed by atoms with E-state index >= 15 is 0 Å². The van der Waals surface area contributed by atoms with E-state index in [-0.39, 0.29) is 0 Å². The van der Waals surface area contributed by atoms with Crippen molar-refractivity contribution in [1.82, 2.24) is 4.98 Å². The van der Waals surface area contributed by atoms with Gasteiger partial charge in [0.25, 0.3) is 6.47 Å². The fourth-order valence-corrected chi connectivity index (χ4v) is 2.09. The molecule has 2 rings (SSSR count). The van der Waals surface area contributed by atoms with Crippen LogP contribution in [0.25, 0.3) is 10.4 Å². The maximum atomic E-state index is 10.2. The van der Waals surface area contributed by atoms with E-state index in [0.717, 1.165) is 10.4 Å². The van der Waals surface area contributed by atoms with Crippen LogP contribution in [-0.2, 0) is 4.79 Å². The Morgan fingerprint density at radius 3 is 2.80 bits per heavy atom. The average Bonchev–Trinajstić information content (AvgIpc) is 2.63. The van der Waals surface area contributed by atoms with Crippen LogP contribution in [0.5, 0.6) is 5.06 Å². The number of rotatable bonds is 3. The van der Waals surface area contributed by atoms with Crippen molar-refractivity contribution in [3.05, 3.63) is 30.6 Å². The summed E-state index contributed by atoms with van der Waals surface area (Å²) in [5.74, 6) is 0. The summed E-state index contributed by atoms with van der Waals surface area (Å²) in [6.07, 6.45) is 3.40. The van der Waals surface area contributed by atoms with Crippen LogP contribution in [0.2, 0.25) is 0 Å². The smallest absolute Gasteiger partial charge is 0.299 e.